The predicted octanol–water partition coefficient (Wildman–Crippen LogP) is 2.72. The van der Waals surface area contributed by atoms with E-state index in [1.807, 2.05) is 44.2 Å². The lowest BCUT2D eigenvalue weighted by Gasteiger charge is -2.25. The first-order valence-corrected chi connectivity index (χ1v) is 8.97. The van der Waals surface area contributed by atoms with Crippen LogP contribution in [0.1, 0.15) is 35.0 Å². The topological polar surface area (TPSA) is 69.5 Å². The molecule has 1 aromatic heterocycles. The second kappa shape index (κ2) is 8.26. The molecule has 1 unspecified atom stereocenters. The van der Waals surface area contributed by atoms with Crippen molar-refractivity contribution in [2.45, 2.75) is 39.8 Å². The van der Waals surface area contributed by atoms with E-state index < -0.39 is 5.60 Å². The molecule has 0 bridgehead atoms. The molecular weight excluding hydrogens is 320 g/mol. The van der Waals surface area contributed by atoms with Gasteiger partial charge in [0, 0.05) is 11.4 Å². The van der Waals surface area contributed by atoms with Crippen LogP contribution in [0.15, 0.2) is 35.3 Å². The highest BCUT2D eigenvalue weighted by atomic mass is 32.1. The summed E-state index contributed by atoms with van der Waals surface area (Å²) in [5.41, 5.74) is 0.973. The van der Waals surface area contributed by atoms with E-state index in [0.29, 0.717) is 19.0 Å². The van der Waals surface area contributed by atoms with Crippen molar-refractivity contribution in [3.63, 3.8) is 0 Å². The highest BCUT2D eigenvalue weighted by Gasteiger charge is 2.22. The number of nitrogens with zero attached hydrogens (tertiary/aromatic N) is 2. The summed E-state index contributed by atoms with van der Waals surface area (Å²) in [6, 6.07) is 9.64. The lowest BCUT2D eigenvalue weighted by molar-refractivity contribution is 0.0617. The average Bonchev–Trinajstić information content (AvgIpc) is 2.89. The number of aliphatic imine (C=N–C) groups is 1. The summed E-state index contributed by atoms with van der Waals surface area (Å²) in [5.74, 6) is 0.680. The maximum atomic E-state index is 10.7. The molecule has 0 aliphatic carbocycles. The molecule has 2 aromatic rings. The van der Waals surface area contributed by atoms with Crippen molar-refractivity contribution in [1.29, 1.82) is 0 Å². The van der Waals surface area contributed by atoms with E-state index in [4.69, 9.17) is 0 Å². The SMILES string of the molecule is CCNC(=NCc1nc(C)c(C)s1)NCC(C)(O)c1ccccc1. The maximum Gasteiger partial charge on any atom is 0.191 e. The van der Waals surface area contributed by atoms with Crippen LogP contribution in [0, 0.1) is 13.8 Å². The molecule has 0 aliphatic heterocycles. The van der Waals surface area contributed by atoms with Gasteiger partial charge in [0.1, 0.15) is 10.6 Å². The molecule has 3 N–H and O–H groups in total. The number of thiazole rings is 1. The van der Waals surface area contributed by atoms with Gasteiger partial charge in [0.25, 0.3) is 0 Å². The van der Waals surface area contributed by atoms with Crippen molar-refractivity contribution < 1.29 is 5.11 Å². The first-order valence-electron chi connectivity index (χ1n) is 8.15. The Labute approximate surface area is 147 Å². The van der Waals surface area contributed by atoms with Crippen molar-refractivity contribution in [2.24, 2.45) is 4.99 Å². The lowest BCUT2D eigenvalue weighted by Crippen LogP contribution is -2.44. The monoisotopic (exact) mass is 346 g/mol. The first kappa shape index (κ1) is 18.4. The van der Waals surface area contributed by atoms with E-state index >= 15 is 0 Å². The van der Waals surface area contributed by atoms with Gasteiger partial charge in [0.2, 0.25) is 0 Å². The van der Waals surface area contributed by atoms with Gasteiger partial charge in [-0.2, -0.15) is 0 Å². The van der Waals surface area contributed by atoms with Gasteiger partial charge >= 0.3 is 0 Å². The Bertz CT molecular complexity index is 660. The van der Waals surface area contributed by atoms with Gasteiger partial charge in [0.05, 0.1) is 18.8 Å². The fraction of sp³-hybridized carbons (Fsp3) is 0.444. The number of aromatic nitrogens is 1. The van der Waals surface area contributed by atoms with Crippen LogP contribution in [0.2, 0.25) is 0 Å². The normalized spacial score (nSPS) is 14.3. The number of guanidine groups is 1. The molecular formula is C18H26N4OS. The summed E-state index contributed by atoms with van der Waals surface area (Å²) < 4.78 is 0. The highest BCUT2D eigenvalue weighted by Crippen LogP contribution is 2.19. The number of aliphatic hydroxyl groups is 1. The van der Waals surface area contributed by atoms with Crippen LogP contribution in [0.3, 0.4) is 0 Å². The molecule has 0 saturated carbocycles. The van der Waals surface area contributed by atoms with Gasteiger partial charge in [0.15, 0.2) is 5.96 Å². The minimum absolute atomic E-state index is 0.374. The molecule has 1 aromatic carbocycles. The molecule has 130 valence electrons. The fourth-order valence-electron chi connectivity index (χ4n) is 2.25. The summed E-state index contributed by atoms with van der Waals surface area (Å²) in [4.78, 5) is 10.3. The molecule has 0 spiro atoms. The number of hydrogen-bond acceptors (Lipinski definition) is 4. The summed E-state index contributed by atoms with van der Waals surface area (Å²) in [7, 11) is 0. The zero-order chi connectivity index (χ0) is 17.6. The van der Waals surface area contributed by atoms with Crippen LogP contribution in [-0.4, -0.2) is 29.1 Å². The van der Waals surface area contributed by atoms with Crippen LogP contribution in [0.4, 0.5) is 0 Å². The first-order chi connectivity index (χ1) is 11.4. The lowest BCUT2D eigenvalue weighted by atomic mass is 9.96. The summed E-state index contributed by atoms with van der Waals surface area (Å²) in [6.07, 6.45) is 0. The number of nitrogens with one attached hydrogen (secondary N) is 2. The van der Waals surface area contributed by atoms with Crippen LogP contribution in [-0.2, 0) is 12.1 Å². The van der Waals surface area contributed by atoms with E-state index in [-0.39, 0.29) is 0 Å². The van der Waals surface area contributed by atoms with Gasteiger partial charge in [-0.05, 0) is 33.3 Å². The molecule has 0 radical (unpaired) electrons. The summed E-state index contributed by atoms with van der Waals surface area (Å²) >= 11 is 1.67. The summed E-state index contributed by atoms with van der Waals surface area (Å²) in [6.45, 7) is 9.56. The largest absolute Gasteiger partial charge is 0.384 e. The quantitative estimate of drug-likeness (QED) is 0.556. The van der Waals surface area contributed by atoms with Crippen LogP contribution in [0.25, 0.3) is 0 Å². The molecule has 0 fully saturated rings. The Hall–Kier alpha value is -1.92. The molecule has 24 heavy (non-hydrogen) atoms. The Morgan fingerprint density at radius 3 is 2.54 bits per heavy atom. The Kier molecular flexibility index (Phi) is 6.34. The third kappa shape index (κ3) is 5.04. The average molecular weight is 347 g/mol. The van der Waals surface area contributed by atoms with Crippen LogP contribution >= 0.6 is 11.3 Å². The van der Waals surface area contributed by atoms with Gasteiger partial charge in [-0.25, -0.2) is 9.98 Å². The standard InChI is InChI=1S/C18H26N4OS/c1-5-19-17(20-11-16-22-13(2)14(3)24-16)21-12-18(4,23)15-9-7-6-8-10-15/h6-10,23H,5,11-12H2,1-4H3,(H2,19,20,21). The van der Waals surface area contributed by atoms with Gasteiger partial charge in [-0.15, -0.1) is 11.3 Å². The Morgan fingerprint density at radius 2 is 1.96 bits per heavy atom. The molecule has 5 nitrogen and oxygen atoms in total. The molecule has 6 heteroatoms. The van der Waals surface area contributed by atoms with Crippen molar-refractivity contribution in [2.75, 3.05) is 13.1 Å². The van der Waals surface area contributed by atoms with Crippen molar-refractivity contribution >= 4 is 17.3 Å². The maximum absolute atomic E-state index is 10.7. The Morgan fingerprint density at radius 1 is 1.25 bits per heavy atom. The number of aryl methyl sites for hydroxylation is 2. The fourth-order valence-corrected chi connectivity index (χ4v) is 3.11. The molecule has 0 aliphatic rings. The number of rotatable bonds is 6. The van der Waals surface area contributed by atoms with E-state index in [1.54, 1.807) is 18.3 Å². The zero-order valence-electron chi connectivity index (χ0n) is 14.8. The Balaban J connectivity index is 2.01. The molecule has 0 saturated heterocycles. The second-order valence-corrected chi connectivity index (χ2v) is 7.23. The molecule has 1 atom stereocenters. The van der Waals surface area contributed by atoms with Crippen LogP contribution < -0.4 is 10.6 Å². The molecule has 0 amide bonds. The van der Waals surface area contributed by atoms with Crippen molar-refractivity contribution in [3.05, 3.63) is 51.5 Å². The third-order valence-electron chi connectivity index (χ3n) is 3.79. The van der Waals surface area contributed by atoms with Crippen LogP contribution in [0.5, 0.6) is 0 Å². The third-order valence-corrected chi connectivity index (χ3v) is 4.84. The van der Waals surface area contributed by atoms with Gasteiger partial charge in [-0.1, -0.05) is 30.3 Å². The van der Waals surface area contributed by atoms with Crippen molar-refractivity contribution in [1.82, 2.24) is 15.6 Å². The second-order valence-electron chi connectivity index (χ2n) is 5.94. The summed E-state index contributed by atoms with van der Waals surface area (Å²) in [5, 5.41) is 18.1. The zero-order valence-corrected chi connectivity index (χ0v) is 15.6. The smallest absolute Gasteiger partial charge is 0.191 e. The predicted molar refractivity (Wildman–Crippen MR) is 100 cm³/mol. The minimum atomic E-state index is -0.966. The van der Waals surface area contributed by atoms with Gasteiger partial charge < -0.3 is 15.7 Å². The molecule has 1 heterocycles. The van der Waals surface area contributed by atoms with E-state index in [1.165, 1.54) is 4.88 Å². The number of hydrogen-bond donors (Lipinski definition) is 3. The number of benzene rings is 1. The van der Waals surface area contributed by atoms with Gasteiger partial charge in [-0.3, -0.25) is 0 Å². The highest BCUT2D eigenvalue weighted by molar-refractivity contribution is 7.11. The van der Waals surface area contributed by atoms with Crippen molar-refractivity contribution in [3.8, 4) is 0 Å². The van der Waals surface area contributed by atoms with E-state index in [9.17, 15) is 5.11 Å². The minimum Gasteiger partial charge on any atom is -0.384 e. The molecule has 2 rings (SSSR count). The van der Waals surface area contributed by atoms with E-state index in [0.717, 1.165) is 22.8 Å². The van der Waals surface area contributed by atoms with E-state index in [2.05, 4.69) is 27.5 Å².